The number of imidazole rings is 1. The number of aromatic nitrogens is 2. The molecule has 0 amide bonds. The second kappa shape index (κ2) is 2.44. The molecule has 1 aromatic rings. The van der Waals surface area contributed by atoms with Gasteiger partial charge in [0.05, 0.1) is 0 Å². The molecule has 54 valence electrons. The molecule has 0 fully saturated rings. The molecule has 0 spiro atoms. The van der Waals surface area contributed by atoms with Gasteiger partial charge in [-0.05, 0) is 4.92 Å². The maximum absolute atomic E-state index is 9.96. The van der Waals surface area contributed by atoms with Crippen molar-refractivity contribution >= 4 is 5.95 Å². The number of rotatable bonds is 2. The van der Waals surface area contributed by atoms with E-state index < -0.39 is 4.92 Å². The minimum atomic E-state index is -0.654. The van der Waals surface area contributed by atoms with Gasteiger partial charge in [-0.3, -0.25) is 0 Å². The number of nitro groups is 1. The molecule has 0 unspecified atom stereocenters. The third-order valence-electron chi connectivity index (χ3n) is 0.952. The van der Waals surface area contributed by atoms with Crippen molar-refractivity contribution in [1.82, 2.24) is 9.97 Å². The molecular weight excluding hydrogens is 138 g/mol. The van der Waals surface area contributed by atoms with Crippen LogP contribution in [0.25, 0.3) is 0 Å². The molecule has 2 N–H and O–H groups in total. The largest absolute Gasteiger partial charge is 0.432 e. The normalized spacial score (nSPS) is 9.70. The van der Waals surface area contributed by atoms with E-state index in [4.69, 9.17) is 5.11 Å². The van der Waals surface area contributed by atoms with Crippen LogP contribution in [0.3, 0.4) is 0 Å². The van der Waals surface area contributed by atoms with E-state index in [2.05, 4.69) is 9.97 Å². The summed E-state index contributed by atoms with van der Waals surface area (Å²) in [6.45, 7) is -0.287. The first kappa shape index (κ1) is 6.69. The van der Waals surface area contributed by atoms with Crippen LogP contribution < -0.4 is 0 Å². The van der Waals surface area contributed by atoms with Gasteiger partial charge in [0, 0.05) is 0 Å². The fourth-order valence-corrected chi connectivity index (χ4v) is 0.523. The molecule has 6 heteroatoms. The van der Waals surface area contributed by atoms with Gasteiger partial charge < -0.3 is 15.2 Å². The molecule has 0 radical (unpaired) electrons. The molecule has 10 heavy (non-hydrogen) atoms. The molecule has 0 aromatic carbocycles. The quantitative estimate of drug-likeness (QED) is 0.443. The van der Waals surface area contributed by atoms with E-state index in [9.17, 15) is 10.1 Å². The van der Waals surface area contributed by atoms with E-state index in [-0.39, 0.29) is 18.2 Å². The summed E-state index contributed by atoms with van der Waals surface area (Å²) < 4.78 is 0. The number of nitrogens with zero attached hydrogens (tertiary/aromatic N) is 2. The zero-order valence-corrected chi connectivity index (χ0v) is 4.94. The molecule has 1 heterocycles. The lowest BCUT2D eigenvalue weighted by Crippen LogP contribution is -1.90. The van der Waals surface area contributed by atoms with Gasteiger partial charge in [-0.25, -0.2) is 4.98 Å². The molecule has 0 atom stereocenters. The summed E-state index contributed by atoms with van der Waals surface area (Å²) in [7, 11) is 0. The Morgan fingerprint density at radius 1 is 1.90 bits per heavy atom. The highest BCUT2D eigenvalue weighted by Gasteiger charge is 2.09. The summed E-state index contributed by atoms with van der Waals surface area (Å²) in [5.74, 6) is -0.343. The Hall–Kier alpha value is -1.43. The maximum Gasteiger partial charge on any atom is 0.432 e. The van der Waals surface area contributed by atoms with Crippen LogP contribution in [0.5, 0.6) is 0 Å². The van der Waals surface area contributed by atoms with Gasteiger partial charge in [0.2, 0.25) is 0 Å². The molecule has 0 saturated heterocycles. The van der Waals surface area contributed by atoms with E-state index in [0.29, 0.717) is 0 Å². The standard InChI is InChI=1S/C4H5N3O3/c8-2-3-1-5-4(6-3)7(9)10/h1,8H,2H2,(H,5,6). The Balaban J connectivity index is 2.88. The molecule has 1 aromatic heterocycles. The summed E-state index contributed by atoms with van der Waals surface area (Å²) in [5.41, 5.74) is 0.270. The van der Waals surface area contributed by atoms with Gasteiger partial charge in [0.25, 0.3) is 0 Å². The van der Waals surface area contributed by atoms with Gasteiger partial charge in [-0.15, -0.1) is 0 Å². The minimum absolute atomic E-state index is 0.270. The van der Waals surface area contributed by atoms with Gasteiger partial charge >= 0.3 is 5.95 Å². The van der Waals surface area contributed by atoms with Crippen molar-refractivity contribution < 1.29 is 10.0 Å². The van der Waals surface area contributed by atoms with E-state index in [1.807, 2.05) is 0 Å². The second-order valence-electron chi connectivity index (χ2n) is 1.63. The zero-order valence-electron chi connectivity index (χ0n) is 4.94. The Morgan fingerprint density at radius 2 is 2.60 bits per heavy atom. The third-order valence-corrected chi connectivity index (χ3v) is 0.952. The number of aliphatic hydroxyl groups is 1. The predicted molar refractivity (Wildman–Crippen MR) is 31.2 cm³/mol. The van der Waals surface area contributed by atoms with Crippen molar-refractivity contribution in [2.45, 2.75) is 6.61 Å². The monoisotopic (exact) mass is 143 g/mol. The topological polar surface area (TPSA) is 92.1 Å². The highest BCUT2D eigenvalue weighted by Crippen LogP contribution is 2.03. The molecule has 0 bridgehead atoms. The Labute approximate surface area is 55.7 Å². The average molecular weight is 143 g/mol. The van der Waals surface area contributed by atoms with Crippen LogP contribution in [0.2, 0.25) is 0 Å². The van der Waals surface area contributed by atoms with Gasteiger partial charge in [0.1, 0.15) is 12.8 Å². The van der Waals surface area contributed by atoms with Crippen molar-refractivity contribution in [2.75, 3.05) is 0 Å². The van der Waals surface area contributed by atoms with E-state index in [1.54, 1.807) is 0 Å². The Morgan fingerprint density at radius 3 is 2.90 bits per heavy atom. The van der Waals surface area contributed by atoms with Crippen LogP contribution in [0.15, 0.2) is 6.20 Å². The van der Waals surface area contributed by atoms with E-state index in [1.165, 1.54) is 6.20 Å². The number of hydrogen-bond donors (Lipinski definition) is 2. The van der Waals surface area contributed by atoms with Crippen molar-refractivity contribution in [2.24, 2.45) is 0 Å². The van der Waals surface area contributed by atoms with Gasteiger partial charge in [-0.1, -0.05) is 4.98 Å². The zero-order chi connectivity index (χ0) is 7.56. The van der Waals surface area contributed by atoms with Crippen LogP contribution in [-0.2, 0) is 6.61 Å². The fraction of sp³-hybridized carbons (Fsp3) is 0.250. The lowest BCUT2D eigenvalue weighted by molar-refractivity contribution is -0.393. The first-order valence-corrected chi connectivity index (χ1v) is 2.53. The third kappa shape index (κ3) is 1.11. The predicted octanol–water partition coefficient (Wildman–Crippen LogP) is -0.190. The van der Waals surface area contributed by atoms with Crippen LogP contribution in [-0.4, -0.2) is 20.0 Å². The summed E-state index contributed by atoms with van der Waals surface area (Å²) >= 11 is 0. The van der Waals surface area contributed by atoms with Crippen molar-refractivity contribution in [1.29, 1.82) is 0 Å². The van der Waals surface area contributed by atoms with Crippen LogP contribution in [0.4, 0.5) is 5.95 Å². The van der Waals surface area contributed by atoms with Gasteiger partial charge in [0.15, 0.2) is 5.69 Å². The number of aromatic amines is 1. The fourth-order valence-electron chi connectivity index (χ4n) is 0.523. The minimum Gasteiger partial charge on any atom is -0.390 e. The molecule has 0 aliphatic rings. The van der Waals surface area contributed by atoms with Crippen molar-refractivity contribution in [3.05, 3.63) is 22.0 Å². The molecule has 6 nitrogen and oxygen atoms in total. The van der Waals surface area contributed by atoms with Gasteiger partial charge in [-0.2, -0.15) is 0 Å². The molecule has 0 aliphatic heterocycles. The first-order valence-electron chi connectivity index (χ1n) is 2.53. The SMILES string of the molecule is O=[N+]([O-])c1nc(CO)c[nH]1. The summed E-state index contributed by atoms with van der Waals surface area (Å²) in [6.07, 6.45) is 1.29. The summed E-state index contributed by atoms with van der Waals surface area (Å²) in [6, 6.07) is 0. The smallest absolute Gasteiger partial charge is 0.390 e. The van der Waals surface area contributed by atoms with Crippen LogP contribution in [0.1, 0.15) is 5.69 Å². The molecule has 0 saturated carbocycles. The second-order valence-corrected chi connectivity index (χ2v) is 1.63. The number of hydrogen-bond acceptors (Lipinski definition) is 4. The number of H-pyrrole nitrogens is 1. The van der Waals surface area contributed by atoms with E-state index in [0.717, 1.165) is 0 Å². The highest BCUT2D eigenvalue weighted by molar-refractivity contribution is 5.09. The molecule has 0 aliphatic carbocycles. The first-order chi connectivity index (χ1) is 4.74. The van der Waals surface area contributed by atoms with Crippen LogP contribution >= 0.6 is 0 Å². The number of aliphatic hydroxyl groups excluding tert-OH is 1. The number of nitrogens with one attached hydrogen (secondary N) is 1. The average Bonchev–Trinajstić information content (AvgIpc) is 2.34. The lowest BCUT2D eigenvalue weighted by Gasteiger charge is -1.84. The summed E-state index contributed by atoms with van der Waals surface area (Å²) in [5, 5.41) is 18.4. The molecular formula is C4H5N3O3. The Bertz CT molecular complexity index is 244. The van der Waals surface area contributed by atoms with Crippen LogP contribution in [0, 0.1) is 10.1 Å². The highest BCUT2D eigenvalue weighted by atomic mass is 16.6. The van der Waals surface area contributed by atoms with Crippen molar-refractivity contribution in [3.8, 4) is 0 Å². The lowest BCUT2D eigenvalue weighted by atomic mass is 10.5. The maximum atomic E-state index is 9.96. The summed E-state index contributed by atoms with van der Waals surface area (Å²) in [4.78, 5) is 15.0. The van der Waals surface area contributed by atoms with Crippen molar-refractivity contribution in [3.63, 3.8) is 0 Å². The van der Waals surface area contributed by atoms with E-state index >= 15 is 0 Å². The Kier molecular flexibility index (Phi) is 1.63. The molecule has 1 rings (SSSR count).